The Kier molecular flexibility index (Phi) is 3.90. The van der Waals surface area contributed by atoms with E-state index in [-0.39, 0.29) is 0 Å². The monoisotopic (exact) mass is 360 g/mol. The number of aromatic hydroxyl groups is 1. The lowest BCUT2D eigenvalue weighted by Crippen LogP contribution is -2.46. The van der Waals surface area contributed by atoms with E-state index in [2.05, 4.69) is 25.8 Å². The smallest absolute Gasteiger partial charge is 0.196 e. The maximum atomic E-state index is 9.64. The first-order valence-corrected chi connectivity index (χ1v) is 9.15. The Morgan fingerprint density at radius 1 is 0.963 bits per heavy atom. The SMILES string of the molecule is Oc1cccc(CN2CCN(c3ncnc4c3oc3ccccc34)CC2)c1. The van der Waals surface area contributed by atoms with Gasteiger partial charge in [-0.05, 0) is 29.8 Å². The summed E-state index contributed by atoms with van der Waals surface area (Å²) in [6, 6.07) is 15.4. The van der Waals surface area contributed by atoms with Gasteiger partial charge in [-0.15, -0.1) is 0 Å². The van der Waals surface area contributed by atoms with Gasteiger partial charge < -0.3 is 14.4 Å². The zero-order valence-electron chi connectivity index (χ0n) is 14.9. The number of hydrogen-bond acceptors (Lipinski definition) is 6. The van der Waals surface area contributed by atoms with Crippen molar-refractivity contribution < 1.29 is 9.52 Å². The van der Waals surface area contributed by atoms with Crippen LogP contribution >= 0.6 is 0 Å². The second-order valence-corrected chi connectivity index (χ2v) is 6.91. The molecule has 1 saturated heterocycles. The quantitative estimate of drug-likeness (QED) is 0.604. The Labute approximate surface area is 156 Å². The lowest BCUT2D eigenvalue weighted by atomic mass is 10.2. The molecule has 0 bridgehead atoms. The molecule has 0 spiro atoms. The lowest BCUT2D eigenvalue weighted by molar-refractivity contribution is 0.249. The van der Waals surface area contributed by atoms with Gasteiger partial charge in [0.15, 0.2) is 11.4 Å². The predicted molar refractivity (Wildman–Crippen MR) is 105 cm³/mol. The highest BCUT2D eigenvalue weighted by Gasteiger charge is 2.22. The van der Waals surface area contributed by atoms with Gasteiger partial charge in [-0.2, -0.15) is 0 Å². The van der Waals surface area contributed by atoms with Gasteiger partial charge >= 0.3 is 0 Å². The first kappa shape index (κ1) is 16.1. The minimum atomic E-state index is 0.319. The summed E-state index contributed by atoms with van der Waals surface area (Å²) >= 11 is 0. The summed E-state index contributed by atoms with van der Waals surface area (Å²) in [4.78, 5) is 13.6. The molecule has 1 N–H and O–H groups in total. The van der Waals surface area contributed by atoms with E-state index in [0.717, 1.165) is 66.2 Å². The van der Waals surface area contributed by atoms with Gasteiger partial charge in [-0.3, -0.25) is 4.90 Å². The van der Waals surface area contributed by atoms with E-state index in [1.807, 2.05) is 36.4 Å². The highest BCUT2D eigenvalue weighted by atomic mass is 16.3. The minimum absolute atomic E-state index is 0.319. The number of aromatic nitrogens is 2. The summed E-state index contributed by atoms with van der Waals surface area (Å²) in [6.07, 6.45) is 1.62. The molecule has 1 aliphatic rings. The van der Waals surface area contributed by atoms with Gasteiger partial charge in [-0.25, -0.2) is 9.97 Å². The van der Waals surface area contributed by atoms with E-state index in [4.69, 9.17) is 4.42 Å². The standard InChI is InChI=1S/C21H20N4O2/c26-16-5-3-4-15(12-16)13-24-8-10-25(11-9-24)21-20-19(22-14-23-21)17-6-1-2-7-18(17)27-20/h1-7,12,14,26H,8-11,13H2. The molecule has 0 aliphatic carbocycles. The summed E-state index contributed by atoms with van der Waals surface area (Å²) in [7, 11) is 0. The van der Waals surface area contributed by atoms with Crippen LogP contribution in [-0.2, 0) is 6.54 Å². The van der Waals surface area contributed by atoms with E-state index in [0.29, 0.717) is 5.75 Å². The van der Waals surface area contributed by atoms with Gasteiger partial charge in [0.05, 0.1) is 0 Å². The van der Waals surface area contributed by atoms with Crippen molar-refractivity contribution in [3.05, 3.63) is 60.4 Å². The molecule has 6 heteroatoms. The van der Waals surface area contributed by atoms with Crippen LogP contribution in [0.5, 0.6) is 5.75 Å². The Bertz CT molecular complexity index is 1100. The number of phenols is 1. The van der Waals surface area contributed by atoms with Crippen molar-refractivity contribution in [2.24, 2.45) is 0 Å². The second kappa shape index (κ2) is 6.55. The molecule has 136 valence electrons. The van der Waals surface area contributed by atoms with Crippen molar-refractivity contribution in [3.8, 4) is 5.75 Å². The van der Waals surface area contributed by atoms with Crippen molar-refractivity contribution >= 4 is 27.9 Å². The zero-order chi connectivity index (χ0) is 18.2. The van der Waals surface area contributed by atoms with Gasteiger partial charge in [-0.1, -0.05) is 24.3 Å². The fraction of sp³-hybridized carbons (Fsp3) is 0.238. The van der Waals surface area contributed by atoms with Gasteiger partial charge in [0.1, 0.15) is 23.2 Å². The number of nitrogens with zero attached hydrogens (tertiary/aromatic N) is 4. The maximum Gasteiger partial charge on any atom is 0.196 e. The first-order chi connectivity index (χ1) is 13.3. The number of hydrogen-bond donors (Lipinski definition) is 1. The molecule has 1 fully saturated rings. The third-order valence-corrected chi connectivity index (χ3v) is 5.13. The molecule has 0 saturated carbocycles. The largest absolute Gasteiger partial charge is 0.508 e. The maximum absolute atomic E-state index is 9.64. The second-order valence-electron chi connectivity index (χ2n) is 6.91. The van der Waals surface area contributed by atoms with Gasteiger partial charge in [0, 0.05) is 38.1 Å². The number of piperazine rings is 1. The van der Waals surface area contributed by atoms with Crippen LogP contribution in [0.2, 0.25) is 0 Å². The van der Waals surface area contributed by atoms with E-state index >= 15 is 0 Å². The Balaban J connectivity index is 1.36. The summed E-state index contributed by atoms with van der Waals surface area (Å²) in [5.74, 6) is 1.19. The molecule has 0 atom stereocenters. The van der Waals surface area contributed by atoms with Crippen molar-refractivity contribution in [3.63, 3.8) is 0 Å². The fourth-order valence-electron chi connectivity index (χ4n) is 3.77. The molecule has 3 heterocycles. The molecule has 6 nitrogen and oxygen atoms in total. The Hall–Kier alpha value is -3.12. The fourth-order valence-corrected chi connectivity index (χ4v) is 3.77. The van der Waals surface area contributed by atoms with Crippen LogP contribution in [0.3, 0.4) is 0 Å². The summed E-state index contributed by atoms with van der Waals surface area (Å²) in [5, 5.41) is 10.7. The molecule has 4 aromatic rings. The minimum Gasteiger partial charge on any atom is -0.508 e. The van der Waals surface area contributed by atoms with Crippen molar-refractivity contribution in [1.29, 1.82) is 0 Å². The van der Waals surface area contributed by atoms with Crippen LogP contribution in [0, 0.1) is 0 Å². The van der Waals surface area contributed by atoms with Crippen LogP contribution in [0.15, 0.2) is 59.3 Å². The van der Waals surface area contributed by atoms with E-state index in [1.54, 1.807) is 12.4 Å². The van der Waals surface area contributed by atoms with Crippen molar-refractivity contribution in [2.75, 3.05) is 31.1 Å². The Morgan fingerprint density at radius 2 is 1.81 bits per heavy atom. The molecular formula is C21H20N4O2. The molecule has 2 aromatic carbocycles. The molecule has 27 heavy (non-hydrogen) atoms. The first-order valence-electron chi connectivity index (χ1n) is 9.15. The topological polar surface area (TPSA) is 65.6 Å². The highest BCUT2D eigenvalue weighted by Crippen LogP contribution is 2.32. The molecule has 5 rings (SSSR count). The van der Waals surface area contributed by atoms with Gasteiger partial charge in [0.25, 0.3) is 0 Å². The molecule has 2 aromatic heterocycles. The van der Waals surface area contributed by atoms with Crippen LogP contribution in [0.25, 0.3) is 22.1 Å². The number of fused-ring (bicyclic) bond motifs is 3. The molecule has 0 amide bonds. The number of rotatable bonds is 3. The van der Waals surface area contributed by atoms with Crippen LogP contribution in [-0.4, -0.2) is 46.2 Å². The van der Waals surface area contributed by atoms with Crippen LogP contribution in [0.4, 0.5) is 5.82 Å². The van der Waals surface area contributed by atoms with Gasteiger partial charge in [0.2, 0.25) is 0 Å². The van der Waals surface area contributed by atoms with E-state index in [1.165, 1.54) is 0 Å². The third-order valence-electron chi connectivity index (χ3n) is 5.13. The normalized spacial score (nSPS) is 15.6. The number of furan rings is 1. The summed E-state index contributed by atoms with van der Waals surface area (Å²) in [5.41, 5.74) is 3.61. The summed E-state index contributed by atoms with van der Waals surface area (Å²) in [6.45, 7) is 4.46. The third kappa shape index (κ3) is 2.98. The number of para-hydroxylation sites is 1. The summed E-state index contributed by atoms with van der Waals surface area (Å²) < 4.78 is 6.06. The van der Waals surface area contributed by atoms with Crippen molar-refractivity contribution in [1.82, 2.24) is 14.9 Å². The number of benzene rings is 2. The van der Waals surface area contributed by atoms with E-state index in [9.17, 15) is 5.11 Å². The Morgan fingerprint density at radius 3 is 2.67 bits per heavy atom. The molecule has 0 radical (unpaired) electrons. The average molecular weight is 360 g/mol. The number of phenolic OH excluding ortho intramolecular Hbond substituents is 1. The highest BCUT2D eigenvalue weighted by molar-refractivity contribution is 6.05. The molecular weight excluding hydrogens is 340 g/mol. The van der Waals surface area contributed by atoms with Crippen LogP contribution in [0.1, 0.15) is 5.56 Å². The number of anilines is 1. The molecule has 0 unspecified atom stereocenters. The van der Waals surface area contributed by atoms with Crippen molar-refractivity contribution in [2.45, 2.75) is 6.54 Å². The van der Waals surface area contributed by atoms with Crippen LogP contribution < -0.4 is 4.90 Å². The predicted octanol–water partition coefficient (Wildman–Crippen LogP) is 3.40. The van der Waals surface area contributed by atoms with E-state index < -0.39 is 0 Å². The lowest BCUT2D eigenvalue weighted by Gasteiger charge is -2.35. The average Bonchev–Trinajstić information content (AvgIpc) is 3.08. The molecule has 1 aliphatic heterocycles. The zero-order valence-corrected chi connectivity index (χ0v) is 14.9.